The van der Waals surface area contributed by atoms with Gasteiger partial charge in [0.05, 0.1) is 38.4 Å². The van der Waals surface area contributed by atoms with E-state index in [0.717, 1.165) is 36.7 Å². The summed E-state index contributed by atoms with van der Waals surface area (Å²) in [5.74, 6) is 0.473. The van der Waals surface area contributed by atoms with Gasteiger partial charge in [0.25, 0.3) is 5.91 Å². The van der Waals surface area contributed by atoms with E-state index < -0.39 is 0 Å². The van der Waals surface area contributed by atoms with E-state index in [1.807, 2.05) is 41.0 Å². The van der Waals surface area contributed by atoms with Gasteiger partial charge < -0.3 is 15.6 Å². The number of imidazole rings is 1. The van der Waals surface area contributed by atoms with Crippen molar-refractivity contribution in [2.24, 2.45) is 5.92 Å². The zero-order valence-electron chi connectivity index (χ0n) is 20.9. The number of nitrogen functional groups attached to an aromatic ring is 1. The van der Waals surface area contributed by atoms with Crippen LogP contribution in [0.5, 0.6) is 0 Å². The van der Waals surface area contributed by atoms with Gasteiger partial charge in [0.2, 0.25) is 0 Å². The Morgan fingerprint density at radius 2 is 1.89 bits per heavy atom. The van der Waals surface area contributed by atoms with Gasteiger partial charge >= 0.3 is 5.69 Å². The van der Waals surface area contributed by atoms with Gasteiger partial charge in [-0.3, -0.25) is 18.9 Å². The lowest BCUT2D eigenvalue weighted by Crippen LogP contribution is -2.39. The van der Waals surface area contributed by atoms with Crippen LogP contribution in [0.1, 0.15) is 41.7 Å². The molecule has 1 saturated carbocycles. The average molecular weight is 531 g/mol. The third kappa shape index (κ3) is 4.32. The fourth-order valence-corrected chi connectivity index (χ4v) is 5.62. The van der Waals surface area contributed by atoms with Crippen molar-refractivity contribution in [1.29, 1.82) is 0 Å². The third-order valence-corrected chi connectivity index (χ3v) is 7.70. The second-order valence-corrected chi connectivity index (χ2v) is 10.4. The topological polar surface area (TPSA) is 121 Å². The summed E-state index contributed by atoms with van der Waals surface area (Å²) in [6.45, 7) is 2.41. The van der Waals surface area contributed by atoms with Gasteiger partial charge in [0, 0.05) is 18.8 Å². The van der Waals surface area contributed by atoms with Crippen LogP contribution in [0.25, 0.3) is 27.7 Å². The molecule has 3 aromatic heterocycles. The van der Waals surface area contributed by atoms with Crippen LogP contribution >= 0.6 is 11.6 Å². The van der Waals surface area contributed by atoms with Crippen LogP contribution in [0.4, 0.5) is 5.82 Å². The molecular weight excluding hydrogens is 504 g/mol. The van der Waals surface area contributed by atoms with Crippen LogP contribution in [0.2, 0.25) is 5.02 Å². The van der Waals surface area contributed by atoms with Gasteiger partial charge in [-0.1, -0.05) is 28.9 Å². The van der Waals surface area contributed by atoms with E-state index in [-0.39, 0.29) is 17.6 Å². The minimum Gasteiger partial charge on any atom is -0.380 e. The Bertz CT molecular complexity index is 1730. The lowest BCUT2D eigenvalue weighted by Gasteiger charge is -2.29. The number of pyridine rings is 1. The smallest absolute Gasteiger partial charge is 0.333 e. The molecule has 6 rings (SSSR count). The molecule has 0 spiro atoms. The van der Waals surface area contributed by atoms with Crippen LogP contribution in [0.3, 0.4) is 0 Å². The van der Waals surface area contributed by atoms with E-state index in [9.17, 15) is 9.59 Å². The van der Waals surface area contributed by atoms with Crippen LogP contribution < -0.4 is 16.7 Å². The minimum atomic E-state index is -0.148. The van der Waals surface area contributed by atoms with Gasteiger partial charge in [-0.25, -0.2) is 4.79 Å². The second-order valence-electron chi connectivity index (χ2n) is 9.94. The number of nitrogens with two attached hydrogens (primary N) is 1. The van der Waals surface area contributed by atoms with E-state index in [0.29, 0.717) is 51.2 Å². The Labute approximate surface area is 223 Å². The first-order chi connectivity index (χ1) is 18.4. The molecule has 0 unspecified atom stereocenters. The molecule has 1 aliphatic rings. The highest BCUT2D eigenvalue weighted by Crippen LogP contribution is 2.29. The molecule has 3 N–H and O–H groups in total. The predicted octanol–water partition coefficient (Wildman–Crippen LogP) is 4.86. The molecule has 1 fully saturated rings. The first-order valence-electron chi connectivity index (χ1n) is 12.7. The summed E-state index contributed by atoms with van der Waals surface area (Å²) < 4.78 is 8.81. The fourth-order valence-electron chi connectivity index (χ4n) is 5.47. The molecule has 2 aromatic carbocycles. The van der Waals surface area contributed by atoms with Gasteiger partial charge in [-0.15, -0.1) is 0 Å². The highest BCUT2D eigenvalue weighted by atomic mass is 35.5. The first kappa shape index (κ1) is 24.2. The molecule has 194 valence electrons. The molecule has 0 bridgehead atoms. The average Bonchev–Trinajstić information content (AvgIpc) is 3.43. The molecule has 0 atom stereocenters. The highest BCUT2D eigenvalue weighted by Gasteiger charge is 2.26. The summed E-state index contributed by atoms with van der Waals surface area (Å²) in [7, 11) is 0. The van der Waals surface area contributed by atoms with E-state index in [2.05, 4.69) is 15.5 Å². The fraction of sp³-hybridized carbons (Fsp3) is 0.286. The van der Waals surface area contributed by atoms with E-state index in [1.54, 1.807) is 29.8 Å². The molecule has 38 heavy (non-hydrogen) atoms. The number of hydrogen-bond acceptors (Lipinski definition) is 6. The number of hydrogen-bond donors (Lipinski definition) is 2. The minimum absolute atomic E-state index is 0.0796. The molecule has 0 saturated heterocycles. The van der Waals surface area contributed by atoms with Gasteiger partial charge in [-0.2, -0.15) is 0 Å². The number of para-hydroxylation sites is 2. The Morgan fingerprint density at radius 3 is 2.68 bits per heavy atom. The molecule has 1 amide bonds. The van der Waals surface area contributed by atoms with Crippen molar-refractivity contribution in [2.45, 2.75) is 45.2 Å². The molecule has 9 nitrogen and oxygen atoms in total. The Balaban J connectivity index is 1.21. The van der Waals surface area contributed by atoms with Crippen molar-refractivity contribution >= 4 is 45.3 Å². The number of aromatic nitrogens is 4. The Morgan fingerprint density at radius 1 is 1.13 bits per heavy atom. The number of nitrogens with one attached hydrogen (secondary N) is 1. The number of anilines is 1. The lowest BCUT2D eigenvalue weighted by atomic mass is 9.85. The largest absolute Gasteiger partial charge is 0.380 e. The maximum Gasteiger partial charge on any atom is 0.333 e. The SMILES string of the molecule is Cc1ncc(Cl)cc1C(=O)N[C@H]1CC[C@H](Cn2c(=O)n(-c3ccc4onc(N)c4c3)c3ccccc32)CC1. The number of benzene rings is 2. The molecule has 0 aliphatic heterocycles. The summed E-state index contributed by atoms with van der Waals surface area (Å²) in [5.41, 5.74) is 10.0. The Hall–Kier alpha value is -4.11. The number of rotatable bonds is 5. The molecule has 1 aliphatic carbocycles. The zero-order valence-corrected chi connectivity index (χ0v) is 21.6. The van der Waals surface area contributed by atoms with Crippen LogP contribution in [-0.4, -0.2) is 31.2 Å². The standard InChI is InChI=1S/C28H27ClN6O3/c1-16-21(12-18(29)14-31-16)27(36)32-19-8-6-17(7-9-19)15-34-23-4-2-3-5-24(23)35(28(34)37)20-10-11-25-22(13-20)26(30)33-38-25/h2-5,10-14,17,19H,6-9,15H2,1H3,(H2,30,33)(H,32,36)/t17-,19-. The summed E-state index contributed by atoms with van der Waals surface area (Å²) in [6, 6.07) is 15.0. The number of amides is 1. The first-order valence-corrected chi connectivity index (χ1v) is 13.1. The maximum absolute atomic E-state index is 13.7. The Kier molecular flexibility index (Phi) is 6.15. The summed E-state index contributed by atoms with van der Waals surface area (Å²) in [6.07, 6.45) is 5.06. The number of aryl methyl sites for hydroxylation is 1. The number of carbonyl (C=O) groups excluding carboxylic acids is 1. The van der Waals surface area contributed by atoms with Crippen molar-refractivity contribution in [3.05, 3.63) is 81.5 Å². The van der Waals surface area contributed by atoms with E-state index in [4.69, 9.17) is 21.9 Å². The lowest BCUT2D eigenvalue weighted by molar-refractivity contribution is 0.0919. The van der Waals surface area contributed by atoms with Crippen molar-refractivity contribution in [3.63, 3.8) is 0 Å². The number of fused-ring (bicyclic) bond motifs is 2. The summed E-state index contributed by atoms with van der Waals surface area (Å²) >= 11 is 6.04. The highest BCUT2D eigenvalue weighted by molar-refractivity contribution is 6.30. The third-order valence-electron chi connectivity index (χ3n) is 7.50. The molecule has 0 radical (unpaired) electrons. The zero-order chi connectivity index (χ0) is 26.4. The number of halogens is 1. The molecule has 3 heterocycles. The monoisotopic (exact) mass is 530 g/mol. The van der Waals surface area contributed by atoms with E-state index >= 15 is 0 Å². The maximum atomic E-state index is 13.7. The van der Waals surface area contributed by atoms with Crippen molar-refractivity contribution in [2.75, 3.05) is 5.73 Å². The van der Waals surface area contributed by atoms with Crippen LogP contribution in [0, 0.1) is 12.8 Å². The molecule has 5 aromatic rings. The van der Waals surface area contributed by atoms with Crippen molar-refractivity contribution < 1.29 is 9.32 Å². The summed E-state index contributed by atoms with van der Waals surface area (Å²) in [4.78, 5) is 30.7. The van der Waals surface area contributed by atoms with Gasteiger partial charge in [0.15, 0.2) is 11.4 Å². The van der Waals surface area contributed by atoms with E-state index in [1.165, 1.54) is 0 Å². The van der Waals surface area contributed by atoms with Gasteiger partial charge in [0.1, 0.15) is 0 Å². The second kappa shape index (κ2) is 9.64. The quantitative estimate of drug-likeness (QED) is 0.334. The number of nitrogens with zero attached hydrogens (tertiary/aromatic N) is 4. The van der Waals surface area contributed by atoms with Crippen LogP contribution in [0.15, 0.2) is 64.0 Å². The predicted molar refractivity (Wildman–Crippen MR) is 147 cm³/mol. The van der Waals surface area contributed by atoms with Gasteiger partial charge in [-0.05, 0) is 74.9 Å². The van der Waals surface area contributed by atoms with Crippen LogP contribution in [-0.2, 0) is 6.54 Å². The summed E-state index contributed by atoms with van der Waals surface area (Å²) in [5, 5.41) is 8.08. The number of carbonyl (C=O) groups is 1. The van der Waals surface area contributed by atoms with Crippen molar-refractivity contribution in [1.82, 2.24) is 24.6 Å². The normalized spacial score (nSPS) is 17.7. The molecular formula is C28H27ClN6O3. The van der Waals surface area contributed by atoms with Crippen molar-refractivity contribution in [3.8, 4) is 5.69 Å². The molecule has 10 heteroatoms.